The summed E-state index contributed by atoms with van der Waals surface area (Å²) in [7, 11) is 0. The van der Waals surface area contributed by atoms with Crippen molar-refractivity contribution in [2.45, 2.75) is 25.0 Å². The first kappa shape index (κ1) is 4.51. The molecule has 0 bridgehead atoms. The summed E-state index contributed by atoms with van der Waals surface area (Å²) < 4.78 is 0. The van der Waals surface area contributed by atoms with E-state index in [2.05, 4.69) is 18.7 Å². The van der Waals surface area contributed by atoms with Crippen LogP contribution in [0.15, 0.2) is 0 Å². The van der Waals surface area contributed by atoms with Gasteiger partial charge in [-0.15, -0.1) is 0 Å². The average Bonchev–Trinajstić information content (AvgIpc) is 1.86. The van der Waals surface area contributed by atoms with E-state index in [0.717, 1.165) is 5.25 Å². The largest absolute Gasteiger partial charge is 0.159 e. The molecule has 1 aliphatic heterocycles. The molecule has 1 rings (SSSR count). The SMILES string of the molecule is C[C@H]1CCCS1. The standard InChI is InChI=1S/C5H10S/c1-5-3-2-4-6-5/h5H,2-4H2,1H3/t5-/m0/s1. The summed E-state index contributed by atoms with van der Waals surface area (Å²) in [6.07, 6.45) is 2.90. The maximum absolute atomic E-state index is 2.30. The van der Waals surface area contributed by atoms with Crippen molar-refractivity contribution in [2.75, 3.05) is 5.75 Å². The lowest BCUT2D eigenvalue weighted by Gasteiger charge is -1.91. The predicted molar refractivity (Wildman–Crippen MR) is 31.2 cm³/mol. The van der Waals surface area contributed by atoms with E-state index in [9.17, 15) is 0 Å². The Morgan fingerprint density at radius 3 is 2.67 bits per heavy atom. The van der Waals surface area contributed by atoms with Gasteiger partial charge in [0.25, 0.3) is 0 Å². The van der Waals surface area contributed by atoms with Gasteiger partial charge in [-0.1, -0.05) is 6.92 Å². The molecule has 0 nitrogen and oxygen atoms in total. The molecule has 1 heteroatoms. The van der Waals surface area contributed by atoms with Gasteiger partial charge in [-0.05, 0) is 18.6 Å². The molecule has 1 atom stereocenters. The normalized spacial score (nSPS) is 34.5. The summed E-state index contributed by atoms with van der Waals surface area (Å²) in [5, 5.41) is 0.963. The summed E-state index contributed by atoms with van der Waals surface area (Å²) in [5.41, 5.74) is 0. The Bertz CT molecular complexity index is 37.2. The van der Waals surface area contributed by atoms with Crippen LogP contribution in [0.25, 0.3) is 0 Å². The number of hydrogen-bond donors (Lipinski definition) is 0. The van der Waals surface area contributed by atoms with Crippen LogP contribution in [0, 0.1) is 0 Å². The summed E-state index contributed by atoms with van der Waals surface area (Å²) in [6.45, 7) is 2.30. The van der Waals surface area contributed by atoms with Crippen molar-refractivity contribution >= 4 is 11.8 Å². The van der Waals surface area contributed by atoms with Gasteiger partial charge < -0.3 is 0 Å². The molecule has 0 aliphatic carbocycles. The van der Waals surface area contributed by atoms with Crippen molar-refractivity contribution in [3.8, 4) is 0 Å². The van der Waals surface area contributed by atoms with Gasteiger partial charge in [-0.25, -0.2) is 0 Å². The first-order valence-electron chi connectivity index (χ1n) is 2.51. The third kappa shape index (κ3) is 0.904. The van der Waals surface area contributed by atoms with Gasteiger partial charge in [-0.3, -0.25) is 0 Å². The fourth-order valence-corrected chi connectivity index (χ4v) is 1.81. The zero-order chi connectivity index (χ0) is 4.41. The van der Waals surface area contributed by atoms with E-state index in [0.29, 0.717) is 0 Å². The minimum atomic E-state index is 0.963. The number of thioether (sulfide) groups is 1. The first-order valence-corrected chi connectivity index (χ1v) is 3.56. The predicted octanol–water partition coefficient (Wildman–Crippen LogP) is 1.90. The molecule has 6 heavy (non-hydrogen) atoms. The Balaban J connectivity index is 2.18. The molecule has 0 N–H and O–H groups in total. The van der Waals surface area contributed by atoms with Crippen molar-refractivity contribution in [3.63, 3.8) is 0 Å². The Morgan fingerprint density at radius 2 is 2.50 bits per heavy atom. The van der Waals surface area contributed by atoms with E-state index in [4.69, 9.17) is 0 Å². The summed E-state index contributed by atoms with van der Waals surface area (Å²) in [6, 6.07) is 0. The van der Waals surface area contributed by atoms with Crippen molar-refractivity contribution in [2.24, 2.45) is 0 Å². The van der Waals surface area contributed by atoms with E-state index in [1.807, 2.05) is 0 Å². The van der Waals surface area contributed by atoms with Crippen LogP contribution in [0.3, 0.4) is 0 Å². The monoisotopic (exact) mass is 102 g/mol. The third-order valence-electron chi connectivity index (χ3n) is 1.16. The maximum Gasteiger partial charge on any atom is 0.00190 e. The van der Waals surface area contributed by atoms with Gasteiger partial charge in [0, 0.05) is 5.25 Å². The van der Waals surface area contributed by atoms with Crippen molar-refractivity contribution in [1.29, 1.82) is 0 Å². The lowest BCUT2D eigenvalue weighted by atomic mass is 10.3. The Hall–Kier alpha value is 0.350. The molecule has 1 aliphatic rings. The average molecular weight is 102 g/mol. The molecule has 0 spiro atoms. The lowest BCUT2D eigenvalue weighted by molar-refractivity contribution is 0.838. The molecule has 1 saturated heterocycles. The molecule has 36 valence electrons. The van der Waals surface area contributed by atoms with Crippen molar-refractivity contribution < 1.29 is 0 Å². The van der Waals surface area contributed by atoms with Gasteiger partial charge in [0.2, 0.25) is 0 Å². The molecule has 0 aromatic carbocycles. The Morgan fingerprint density at radius 1 is 1.67 bits per heavy atom. The minimum absolute atomic E-state index is 0.963. The van der Waals surface area contributed by atoms with Gasteiger partial charge in [0.1, 0.15) is 0 Å². The van der Waals surface area contributed by atoms with Crippen molar-refractivity contribution in [1.82, 2.24) is 0 Å². The Kier molecular flexibility index (Phi) is 1.41. The minimum Gasteiger partial charge on any atom is -0.159 e. The van der Waals surface area contributed by atoms with Crippen LogP contribution in [0.1, 0.15) is 19.8 Å². The van der Waals surface area contributed by atoms with Gasteiger partial charge in [0.05, 0.1) is 0 Å². The summed E-state index contributed by atoms with van der Waals surface area (Å²) in [5.74, 6) is 1.40. The second-order valence-electron chi connectivity index (χ2n) is 1.82. The summed E-state index contributed by atoms with van der Waals surface area (Å²) in [4.78, 5) is 0. The molecule has 0 aromatic rings. The van der Waals surface area contributed by atoms with Crippen LogP contribution in [-0.2, 0) is 0 Å². The van der Waals surface area contributed by atoms with E-state index in [1.54, 1.807) is 0 Å². The van der Waals surface area contributed by atoms with E-state index in [1.165, 1.54) is 18.6 Å². The first-order chi connectivity index (χ1) is 2.89. The molecule has 1 fully saturated rings. The fourth-order valence-electron chi connectivity index (χ4n) is 0.739. The van der Waals surface area contributed by atoms with Gasteiger partial charge >= 0.3 is 0 Å². The van der Waals surface area contributed by atoms with Crippen LogP contribution in [-0.4, -0.2) is 11.0 Å². The van der Waals surface area contributed by atoms with E-state index >= 15 is 0 Å². The van der Waals surface area contributed by atoms with Crippen LogP contribution >= 0.6 is 11.8 Å². The van der Waals surface area contributed by atoms with Crippen LogP contribution in [0.2, 0.25) is 0 Å². The lowest BCUT2D eigenvalue weighted by Crippen LogP contribution is -1.82. The maximum atomic E-state index is 2.30. The van der Waals surface area contributed by atoms with Gasteiger partial charge in [0.15, 0.2) is 0 Å². The number of hydrogen-bond acceptors (Lipinski definition) is 1. The van der Waals surface area contributed by atoms with Crippen LogP contribution in [0.5, 0.6) is 0 Å². The molecule has 0 aromatic heterocycles. The van der Waals surface area contributed by atoms with E-state index < -0.39 is 0 Å². The van der Waals surface area contributed by atoms with Crippen LogP contribution in [0.4, 0.5) is 0 Å². The zero-order valence-corrected chi connectivity index (χ0v) is 4.92. The van der Waals surface area contributed by atoms with E-state index in [-0.39, 0.29) is 0 Å². The van der Waals surface area contributed by atoms with Crippen LogP contribution < -0.4 is 0 Å². The highest BCUT2D eigenvalue weighted by Crippen LogP contribution is 2.24. The highest BCUT2D eigenvalue weighted by Gasteiger charge is 2.07. The highest BCUT2D eigenvalue weighted by molar-refractivity contribution is 8.00. The highest BCUT2D eigenvalue weighted by atomic mass is 32.2. The fraction of sp³-hybridized carbons (Fsp3) is 1.00. The summed E-state index contributed by atoms with van der Waals surface area (Å²) >= 11 is 2.10. The second kappa shape index (κ2) is 1.87. The quantitative estimate of drug-likeness (QED) is 0.450. The molecular formula is C5H10S. The molecule has 0 radical (unpaired) electrons. The number of rotatable bonds is 0. The molecule has 1 heterocycles. The van der Waals surface area contributed by atoms with Gasteiger partial charge in [-0.2, -0.15) is 11.8 Å². The molecule has 0 unspecified atom stereocenters. The topological polar surface area (TPSA) is 0 Å². The molecule has 0 amide bonds. The zero-order valence-electron chi connectivity index (χ0n) is 4.11. The smallest absolute Gasteiger partial charge is 0.00190 e. The van der Waals surface area contributed by atoms with Crippen molar-refractivity contribution in [3.05, 3.63) is 0 Å². The molecular weight excluding hydrogens is 92.1 g/mol. The third-order valence-corrected chi connectivity index (χ3v) is 2.49. The second-order valence-corrected chi connectivity index (χ2v) is 3.37. The Labute approximate surface area is 43.3 Å². The molecule has 0 saturated carbocycles.